The molecule has 0 aromatic heterocycles. The first-order chi connectivity index (χ1) is 13.4. The van der Waals surface area contributed by atoms with Crippen LogP contribution in [0.4, 0.5) is 20.6 Å². The lowest BCUT2D eigenvalue weighted by molar-refractivity contribution is -0.384. The van der Waals surface area contributed by atoms with E-state index in [2.05, 4.69) is 10.6 Å². The smallest absolute Gasteiger partial charge is 0.323 e. The van der Waals surface area contributed by atoms with Crippen molar-refractivity contribution < 1.29 is 23.7 Å². The fourth-order valence-electron chi connectivity index (χ4n) is 4.71. The number of hydrogen-bond acceptors (Lipinski definition) is 5. The second-order valence-electron chi connectivity index (χ2n) is 8.73. The fraction of sp³-hybridized carbons (Fsp3) is 0.526. The Bertz CT molecular complexity index is 903. The lowest BCUT2D eigenvalue weighted by Gasteiger charge is -2.43. The first kappa shape index (κ1) is 20.7. The molecule has 0 unspecified atom stereocenters. The number of imide groups is 1. The molecule has 1 aliphatic heterocycles. The van der Waals surface area contributed by atoms with Crippen molar-refractivity contribution in [2.45, 2.75) is 45.6 Å². The van der Waals surface area contributed by atoms with E-state index in [0.717, 1.165) is 29.5 Å². The highest BCUT2D eigenvalue weighted by atomic mass is 19.1. The van der Waals surface area contributed by atoms with Gasteiger partial charge >= 0.3 is 6.03 Å². The minimum Gasteiger partial charge on any atom is -0.323 e. The summed E-state index contributed by atoms with van der Waals surface area (Å²) in [4.78, 5) is 48.7. The highest BCUT2D eigenvalue weighted by molar-refractivity contribution is 6.10. The summed E-state index contributed by atoms with van der Waals surface area (Å²) in [6.45, 7) is 5.47. The van der Waals surface area contributed by atoms with Gasteiger partial charge < -0.3 is 10.6 Å². The summed E-state index contributed by atoms with van der Waals surface area (Å²) < 4.78 is 13.9. The van der Waals surface area contributed by atoms with Gasteiger partial charge in [0.15, 0.2) is 0 Å². The molecule has 2 aliphatic rings. The molecule has 29 heavy (non-hydrogen) atoms. The highest BCUT2D eigenvalue weighted by Crippen LogP contribution is 2.46. The SMILES string of the molecule is C[C@@H]1CC(C)(C)C[C@@]2(C1)NC(=O)N(CC(=O)Nc1cc([N+](=O)[O-])ccc1F)C2=O. The third kappa shape index (κ3) is 4.06. The van der Waals surface area contributed by atoms with E-state index in [1.807, 2.05) is 20.8 Å². The standard InChI is InChI=1S/C19H23FN4O5/c1-11-7-18(2,3)10-19(8-11)16(26)23(17(27)22-19)9-15(25)21-14-6-12(24(28)29)4-5-13(14)20/h4-6,11H,7-10H2,1-3H3,(H,21,25)(H,22,27)/t11-,19-/m1/s1. The number of nitro groups is 1. The van der Waals surface area contributed by atoms with Crippen LogP contribution in [0.2, 0.25) is 0 Å². The molecule has 1 aromatic carbocycles. The van der Waals surface area contributed by atoms with Crippen LogP contribution >= 0.6 is 0 Å². The number of nitro benzene ring substituents is 1. The van der Waals surface area contributed by atoms with Crippen molar-refractivity contribution in [3.05, 3.63) is 34.1 Å². The van der Waals surface area contributed by atoms with Crippen molar-refractivity contribution in [3.63, 3.8) is 0 Å². The molecule has 4 amide bonds. The van der Waals surface area contributed by atoms with Crippen LogP contribution < -0.4 is 10.6 Å². The molecule has 0 radical (unpaired) electrons. The molecule has 1 saturated heterocycles. The van der Waals surface area contributed by atoms with E-state index < -0.39 is 52.0 Å². The van der Waals surface area contributed by atoms with Crippen LogP contribution in [0.5, 0.6) is 0 Å². The normalized spacial score (nSPS) is 25.8. The van der Waals surface area contributed by atoms with E-state index in [1.54, 1.807) is 0 Å². The number of nitrogens with zero attached hydrogens (tertiary/aromatic N) is 2. The van der Waals surface area contributed by atoms with Crippen molar-refractivity contribution in [1.82, 2.24) is 10.2 Å². The monoisotopic (exact) mass is 406 g/mol. The summed E-state index contributed by atoms with van der Waals surface area (Å²) in [6.07, 6.45) is 1.87. The number of carbonyl (C=O) groups excluding carboxylic acids is 3. The van der Waals surface area contributed by atoms with E-state index in [0.29, 0.717) is 12.8 Å². The van der Waals surface area contributed by atoms with Gasteiger partial charge in [-0.3, -0.25) is 24.6 Å². The van der Waals surface area contributed by atoms with Crippen LogP contribution in [-0.4, -0.2) is 39.8 Å². The van der Waals surface area contributed by atoms with Gasteiger partial charge in [-0.25, -0.2) is 9.18 Å². The fourth-order valence-corrected chi connectivity index (χ4v) is 4.71. The van der Waals surface area contributed by atoms with Gasteiger partial charge in [0.1, 0.15) is 17.9 Å². The van der Waals surface area contributed by atoms with Gasteiger partial charge in [-0.1, -0.05) is 20.8 Å². The molecule has 9 nitrogen and oxygen atoms in total. The lowest BCUT2D eigenvalue weighted by Crippen LogP contribution is -2.54. The first-order valence-corrected chi connectivity index (χ1v) is 9.30. The third-order valence-corrected chi connectivity index (χ3v) is 5.36. The Morgan fingerprint density at radius 2 is 2.07 bits per heavy atom. The summed E-state index contributed by atoms with van der Waals surface area (Å²) in [5.41, 5.74) is -1.98. The van der Waals surface area contributed by atoms with Gasteiger partial charge in [-0.05, 0) is 36.7 Å². The molecule has 2 N–H and O–H groups in total. The number of rotatable bonds is 4. The van der Waals surface area contributed by atoms with Gasteiger partial charge in [0.2, 0.25) is 5.91 Å². The molecule has 156 valence electrons. The van der Waals surface area contributed by atoms with Crippen LogP contribution in [0, 0.1) is 27.3 Å². The van der Waals surface area contributed by atoms with E-state index in [4.69, 9.17) is 0 Å². The van der Waals surface area contributed by atoms with E-state index in [9.17, 15) is 28.9 Å². The number of benzene rings is 1. The van der Waals surface area contributed by atoms with Crippen LogP contribution in [-0.2, 0) is 9.59 Å². The zero-order valence-electron chi connectivity index (χ0n) is 16.5. The van der Waals surface area contributed by atoms with E-state index >= 15 is 0 Å². The zero-order chi connectivity index (χ0) is 21.6. The average molecular weight is 406 g/mol. The maximum absolute atomic E-state index is 13.9. The van der Waals surface area contributed by atoms with Crippen LogP contribution in [0.15, 0.2) is 18.2 Å². The Kier molecular flexibility index (Phi) is 5.06. The summed E-state index contributed by atoms with van der Waals surface area (Å²) in [5.74, 6) is -1.94. The van der Waals surface area contributed by atoms with Crippen LogP contribution in [0.3, 0.4) is 0 Å². The second-order valence-corrected chi connectivity index (χ2v) is 8.73. The lowest BCUT2D eigenvalue weighted by atomic mass is 9.64. The van der Waals surface area contributed by atoms with Crippen LogP contribution in [0.25, 0.3) is 0 Å². The van der Waals surface area contributed by atoms with Gasteiger partial charge in [-0.2, -0.15) is 0 Å². The van der Waals surface area contributed by atoms with Gasteiger partial charge in [0, 0.05) is 12.1 Å². The Balaban J connectivity index is 1.75. The molecule has 1 heterocycles. The predicted octanol–water partition coefficient (Wildman–Crippen LogP) is 2.81. The van der Waals surface area contributed by atoms with Crippen molar-refractivity contribution in [3.8, 4) is 0 Å². The number of urea groups is 1. The summed E-state index contributed by atoms with van der Waals surface area (Å²) in [5, 5.41) is 15.8. The molecule has 2 fully saturated rings. The average Bonchev–Trinajstić information content (AvgIpc) is 2.78. The number of nitrogens with one attached hydrogen (secondary N) is 2. The number of hydrogen-bond donors (Lipinski definition) is 2. The van der Waals surface area contributed by atoms with Gasteiger partial charge in [0.05, 0.1) is 10.6 Å². The number of amides is 4. The largest absolute Gasteiger partial charge is 0.325 e. The third-order valence-electron chi connectivity index (χ3n) is 5.36. The van der Waals surface area contributed by atoms with E-state index in [1.165, 1.54) is 0 Å². The maximum Gasteiger partial charge on any atom is 0.325 e. The molecule has 1 spiro atoms. The zero-order valence-corrected chi connectivity index (χ0v) is 16.5. The Hall–Kier alpha value is -3.04. The summed E-state index contributed by atoms with van der Waals surface area (Å²) in [6, 6.07) is 2.04. The Labute approximate surface area is 166 Å². The molecule has 0 bridgehead atoms. The number of carbonyl (C=O) groups is 3. The minimum absolute atomic E-state index is 0.148. The van der Waals surface area contributed by atoms with Crippen LogP contribution in [0.1, 0.15) is 40.0 Å². The molecule has 1 aromatic rings. The van der Waals surface area contributed by atoms with Gasteiger partial charge in [-0.15, -0.1) is 0 Å². The molecule has 2 atom stereocenters. The number of halogens is 1. The van der Waals surface area contributed by atoms with Gasteiger partial charge in [0.25, 0.3) is 11.6 Å². The molecular formula is C19H23FN4O5. The highest BCUT2D eigenvalue weighted by Gasteiger charge is 2.56. The molecule has 1 saturated carbocycles. The quantitative estimate of drug-likeness (QED) is 0.452. The van der Waals surface area contributed by atoms with E-state index in [-0.39, 0.29) is 11.3 Å². The topological polar surface area (TPSA) is 122 Å². The minimum atomic E-state index is -1.05. The predicted molar refractivity (Wildman–Crippen MR) is 101 cm³/mol. The molecule has 3 rings (SSSR count). The molecule has 10 heteroatoms. The Morgan fingerprint density at radius 3 is 2.69 bits per heavy atom. The van der Waals surface area contributed by atoms with Crippen molar-refractivity contribution in [1.29, 1.82) is 0 Å². The molecule has 1 aliphatic carbocycles. The van der Waals surface area contributed by atoms with Crippen molar-refractivity contribution in [2.24, 2.45) is 11.3 Å². The van der Waals surface area contributed by atoms with Crippen molar-refractivity contribution in [2.75, 3.05) is 11.9 Å². The summed E-state index contributed by atoms with van der Waals surface area (Å²) in [7, 11) is 0. The Morgan fingerprint density at radius 1 is 1.38 bits per heavy atom. The summed E-state index contributed by atoms with van der Waals surface area (Å²) >= 11 is 0. The second kappa shape index (κ2) is 7.09. The first-order valence-electron chi connectivity index (χ1n) is 9.30. The van der Waals surface area contributed by atoms with Crippen molar-refractivity contribution >= 4 is 29.2 Å². The molecular weight excluding hydrogens is 383 g/mol. The number of anilines is 1. The number of non-ortho nitro benzene ring substituents is 1. The maximum atomic E-state index is 13.9.